The summed E-state index contributed by atoms with van der Waals surface area (Å²) in [5.41, 5.74) is 6.34. The second kappa shape index (κ2) is 5.61. The molecule has 1 rings (SSSR count). The number of halogens is 1. The summed E-state index contributed by atoms with van der Waals surface area (Å²) in [6.07, 6.45) is 1.29. The van der Waals surface area contributed by atoms with E-state index < -0.39 is 0 Å². The molecular weight excluding hydrogens is 212 g/mol. The third kappa shape index (κ3) is 4.21. The van der Waals surface area contributed by atoms with Crippen molar-refractivity contribution in [2.75, 3.05) is 6.61 Å². The van der Waals surface area contributed by atoms with Gasteiger partial charge in [0.05, 0.1) is 17.5 Å². The summed E-state index contributed by atoms with van der Waals surface area (Å²) in [6, 6.07) is 5.65. The summed E-state index contributed by atoms with van der Waals surface area (Å²) < 4.78 is 5.48. The van der Waals surface area contributed by atoms with Gasteiger partial charge in [0.25, 0.3) is 0 Å². The van der Waals surface area contributed by atoms with Crippen LogP contribution in [0.3, 0.4) is 0 Å². The molecule has 0 amide bonds. The highest BCUT2D eigenvalue weighted by Gasteiger charge is 2.01. The molecule has 0 saturated carbocycles. The van der Waals surface area contributed by atoms with E-state index >= 15 is 0 Å². The molecule has 0 bridgehead atoms. The molecule has 0 atom stereocenters. The maximum atomic E-state index is 7.05. The fourth-order valence-corrected chi connectivity index (χ4v) is 1.34. The van der Waals surface area contributed by atoms with Gasteiger partial charge in [0.1, 0.15) is 5.75 Å². The first-order valence-electron chi connectivity index (χ1n) is 4.81. The molecule has 3 nitrogen and oxygen atoms in total. The second-order valence-electron chi connectivity index (χ2n) is 3.41. The monoisotopic (exact) mass is 226 g/mol. The van der Waals surface area contributed by atoms with E-state index in [9.17, 15) is 0 Å². The number of hydrogen-bond donors (Lipinski definition) is 2. The molecule has 15 heavy (non-hydrogen) atoms. The quantitative estimate of drug-likeness (QED) is 0.461. The lowest BCUT2D eigenvalue weighted by Crippen LogP contribution is -2.11. The summed E-state index contributed by atoms with van der Waals surface area (Å²) in [4.78, 5) is 0. The average molecular weight is 227 g/mol. The van der Waals surface area contributed by atoms with E-state index in [2.05, 4.69) is 0 Å². The van der Waals surface area contributed by atoms with E-state index in [1.807, 2.05) is 25.1 Å². The number of benzene rings is 1. The van der Waals surface area contributed by atoms with E-state index in [-0.39, 0.29) is 5.84 Å². The molecular formula is C11H15ClN2O. The Kier molecular flexibility index (Phi) is 4.43. The molecule has 0 radical (unpaired) electrons. The van der Waals surface area contributed by atoms with Crippen LogP contribution in [-0.4, -0.2) is 12.4 Å². The number of hydrogen-bond acceptors (Lipinski definition) is 2. The number of nitrogens with two attached hydrogens (primary N) is 1. The number of rotatable bonds is 5. The predicted molar refractivity (Wildman–Crippen MR) is 62.8 cm³/mol. The van der Waals surface area contributed by atoms with E-state index in [4.69, 9.17) is 27.5 Å². The Morgan fingerprint density at radius 2 is 2.27 bits per heavy atom. The first-order chi connectivity index (χ1) is 7.09. The zero-order valence-corrected chi connectivity index (χ0v) is 9.47. The van der Waals surface area contributed by atoms with Crippen molar-refractivity contribution >= 4 is 17.4 Å². The minimum atomic E-state index is 0.189. The largest absolute Gasteiger partial charge is 0.492 e. The third-order valence-corrected chi connectivity index (χ3v) is 2.25. The molecule has 0 unspecified atom stereocenters. The van der Waals surface area contributed by atoms with E-state index in [0.29, 0.717) is 23.8 Å². The number of nitrogens with one attached hydrogen (secondary N) is 1. The zero-order valence-electron chi connectivity index (χ0n) is 8.72. The van der Waals surface area contributed by atoms with Crippen LogP contribution in [0.1, 0.15) is 18.4 Å². The summed E-state index contributed by atoms with van der Waals surface area (Å²) in [7, 11) is 0. The lowest BCUT2D eigenvalue weighted by Gasteiger charge is -2.08. The van der Waals surface area contributed by atoms with Crippen molar-refractivity contribution in [2.24, 2.45) is 5.73 Å². The van der Waals surface area contributed by atoms with Crippen molar-refractivity contribution in [3.63, 3.8) is 0 Å². The van der Waals surface area contributed by atoms with Crippen molar-refractivity contribution in [1.82, 2.24) is 0 Å². The van der Waals surface area contributed by atoms with Crippen molar-refractivity contribution < 1.29 is 4.74 Å². The molecule has 1 aromatic carbocycles. The molecule has 4 heteroatoms. The maximum Gasteiger partial charge on any atom is 0.138 e. The SMILES string of the molecule is Cc1ccc(Cl)c(OCCCC(=N)N)c1. The number of ether oxygens (including phenoxy) is 1. The summed E-state index contributed by atoms with van der Waals surface area (Å²) >= 11 is 5.95. The molecule has 0 spiro atoms. The molecule has 0 heterocycles. The lowest BCUT2D eigenvalue weighted by atomic mass is 10.2. The third-order valence-electron chi connectivity index (χ3n) is 1.93. The van der Waals surface area contributed by atoms with Crippen LogP contribution in [-0.2, 0) is 0 Å². The molecule has 1 aromatic rings. The van der Waals surface area contributed by atoms with Crippen LogP contribution in [0.25, 0.3) is 0 Å². The van der Waals surface area contributed by atoms with Crippen molar-refractivity contribution in [2.45, 2.75) is 19.8 Å². The van der Waals surface area contributed by atoms with Crippen LogP contribution in [0.5, 0.6) is 5.75 Å². The molecule has 3 N–H and O–H groups in total. The molecule has 0 aliphatic carbocycles. The van der Waals surface area contributed by atoms with Gasteiger partial charge < -0.3 is 10.5 Å². The highest BCUT2D eigenvalue weighted by Crippen LogP contribution is 2.25. The number of aryl methyl sites for hydroxylation is 1. The Bertz CT molecular complexity index is 352. The van der Waals surface area contributed by atoms with Gasteiger partial charge >= 0.3 is 0 Å². The zero-order chi connectivity index (χ0) is 11.3. The van der Waals surface area contributed by atoms with Gasteiger partial charge in [-0.2, -0.15) is 0 Å². The highest BCUT2D eigenvalue weighted by molar-refractivity contribution is 6.32. The van der Waals surface area contributed by atoms with Crippen LogP contribution >= 0.6 is 11.6 Å². The first kappa shape index (κ1) is 11.9. The standard InChI is InChI=1S/C11H15ClN2O/c1-8-4-5-9(12)10(7-8)15-6-2-3-11(13)14/h4-5,7H,2-3,6H2,1H3,(H3,13,14). The van der Waals surface area contributed by atoms with Crippen LogP contribution in [0.15, 0.2) is 18.2 Å². The van der Waals surface area contributed by atoms with Crippen LogP contribution < -0.4 is 10.5 Å². The van der Waals surface area contributed by atoms with Gasteiger partial charge in [0.15, 0.2) is 0 Å². The van der Waals surface area contributed by atoms with E-state index in [0.717, 1.165) is 12.0 Å². The Hall–Kier alpha value is -1.22. The Labute approximate surface area is 94.7 Å². The summed E-state index contributed by atoms with van der Waals surface area (Å²) in [5.74, 6) is 0.883. The summed E-state index contributed by atoms with van der Waals surface area (Å²) in [6.45, 7) is 2.52. The van der Waals surface area contributed by atoms with Crippen LogP contribution in [0, 0.1) is 12.3 Å². The first-order valence-corrected chi connectivity index (χ1v) is 5.19. The van der Waals surface area contributed by atoms with Gasteiger partial charge in [-0.25, -0.2) is 0 Å². The highest BCUT2D eigenvalue weighted by atomic mass is 35.5. The Morgan fingerprint density at radius 3 is 2.93 bits per heavy atom. The smallest absolute Gasteiger partial charge is 0.138 e. The predicted octanol–water partition coefficient (Wildman–Crippen LogP) is 2.74. The Morgan fingerprint density at radius 1 is 1.53 bits per heavy atom. The number of amidine groups is 1. The van der Waals surface area contributed by atoms with Crippen LogP contribution in [0.4, 0.5) is 0 Å². The van der Waals surface area contributed by atoms with Gasteiger partial charge in [-0.15, -0.1) is 0 Å². The maximum absolute atomic E-state index is 7.05. The van der Waals surface area contributed by atoms with E-state index in [1.54, 1.807) is 0 Å². The van der Waals surface area contributed by atoms with Crippen molar-refractivity contribution in [1.29, 1.82) is 5.41 Å². The van der Waals surface area contributed by atoms with Gasteiger partial charge in [0.2, 0.25) is 0 Å². The second-order valence-corrected chi connectivity index (χ2v) is 3.82. The normalized spacial score (nSPS) is 10.0. The van der Waals surface area contributed by atoms with Crippen LogP contribution in [0.2, 0.25) is 5.02 Å². The molecule has 0 aromatic heterocycles. The van der Waals surface area contributed by atoms with Crippen molar-refractivity contribution in [3.05, 3.63) is 28.8 Å². The van der Waals surface area contributed by atoms with Gasteiger partial charge in [-0.1, -0.05) is 17.7 Å². The fraction of sp³-hybridized carbons (Fsp3) is 0.364. The summed E-state index contributed by atoms with van der Waals surface area (Å²) in [5, 5.41) is 7.66. The fourth-order valence-electron chi connectivity index (χ4n) is 1.17. The minimum absolute atomic E-state index is 0.189. The molecule has 0 aliphatic rings. The minimum Gasteiger partial charge on any atom is -0.492 e. The molecule has 0 fully saturated rings. The molecule has 82 valence electrons. The van der Waals surface area contributed by atoms with E-state index in [1.165, 1.54) is 0 Å². The average Bonchev–Trinajstić information content (AvgIpc) is 2.17. The lowest BCUT2D eigenvalue weighted by molar-refractivity contribution is 0.313. The van der Waals surface area contributed by atoms with Gasteiger partial charge in [0, 0.05) is 6.42 Å². The topological polar surface area (TPSA) is 59.1 Å². The van der Waals surface area contributed by atoms with Crippen molar-refractivity contribution in [3.8, 4) is 5.75 Å². The Balaban J connectivity index is 2.43. The molecule has 0 aliphatic heterocycles. The van der Waals surface area contributed by atoms with Gasteiger partial charge in [-0.3, -0.25) is 5.41 Å². The van der Waals surface area contributed by atoms with Gasteiger partial charge in [-0.05, 0) is 31.0 Å². The molecule has 0 saturated heterocycles.